The summed E-state index contributed by atoms with van der Waals surface area (Å²) in [5.74, 6) is 0.693. The first-order chi connectivity index (χ1) is 12.6. The molecule has 1 atom stereocenters. The summed E-state index contributed by atoms with van der Waals surface area (Å²) in [6.07, 6.45) is 3.19. The first-order valence-electron chi connectivity index (χ1n) is 8.82. The fourth-order valence-electron chi connectivity index (χ4n) is 3.30. The number of likely N-dealkylation sites (tertiary alicyclic amines) is 1. The minimum Gasteiger partial charge on any atom is -0.497 e. The molecule has 1 unspecified atom stereocenters. The predicted molar refractivity (Wildman–Crippen MR) is 102 cm³/mol. The zero-order valence-electron chi connectivity index (χ0n) is 15.1. The summed E-state index contributed by atoms with van der Waals surface area (Å²) in [4.78, 5) is 27.2. The molecule has 26 heavy (non-hydrogen) atoms. The van der Waals surface area contributed by atoms with Crippen molar-refractivity contribution < 1.29 is 14.3 Å². The van der Waals surface area contributed by atoms with Gasteiger partial charge in [-0.15, -0.1) is 0 Å². The number of nitrogens with zero attached hydrogens (tertiary/aromatic N) is 1. The zero-order chi connectivity index (χ0) is 18.5. The van der Waals surface area contributed by atoms with Crippen molar-refractivity contribution in [1.82, 2.24) is 4.90 Å². The zero-order valence-corrected chi connectivity index (χ0v) is 15.1. The predicted octanol–water partition coefficient (Wildman–Crippen LogP) is 3.97. The van der Waals surface area contributed by atoms with E-state index in [1.54, 1.807) is 18.1 Å². The van der Waals surface area contributed by atoms with Crippen LogP contribution in [0.25, 0.3) is 5.57 Å². The van der Waals surface area contributed by atoms with E-state index in [-0.39, 0.29) is 17.7 Å². The van der Waals surface area contributed by atoms with E-state index in [0.717, 1.165) is 29.7 Å². The molecule has 2 aromatic carbocycles. The maximum Gasteiger partial charge on any atom is 0.247 e. The van der Waals surface area contributed by atoms with Crippen molar-refractivity contribution in [1.29, 1.82) is 0 Å². The number of hydrogen-bond donors (Lipinski definition) is 0. The van der Waals surface area contributed by atoms with E-state index >= 15 is 0 Å². The van der Waals surface area contributed by atoms with Gasteiger partial charge in [0.25, 0.3) is 0 Å². The Bertz CT molecular complexity index is 809. The lowest BCUT2D eigenvalue weighted by Gasteiger charge is -2.22. The molecule has 1 fully saturated rings. The van der Waals surface area contributed by atoms with Crippen LogP contribution >= 0.6 is 0 Å². The van der Waals surface area contributed by atoms with Crippen LogP contribution in [0.3, 0.4) is 0 Å². The van der Waals surface area contributed by atoms with Gasteiger partial charge in [-0.1, -0.05) is 42.5 Å². The van der Waals surface area contributed by atoms with Gasteiger partial charge in [0.15, 0.2) is 5.78 Å². The maximum atomic E-state index is 12.8. The minimum atomic E-state index is -0.371. The highest BCUT2D eigenvalue weighted by Crippen LogP contribution is 2.24. The molecule has 0 spiro atoms. The Balaban J connectivity index is 1.76. The van der Waals surface area contributed by atoms with Gasteiger partial charge in [-0.25, -0.2) is 0 Å². The molecule has 0 saturated carbocycles. The molecule has 1 aliphatic rings. The Labute approximate surface area is 154 Å². The van der Waals surface area contributed by atoms with Gasteiger partial charge in [0.1, 0.15) is 5.75 Å². The molecular weight excluding hydrogens is 326 g/mol. The van der Waals surface area contributed by atoms with Crippen LogP contribution in [0.15, 0.2) is 60.7 Å². The van der Waals surface area contributed by atoms with Crippen molar-refractivity contribution in [2.45, 2.75) is 25.8 Å². The molecule has 0 bridgehead atoms. The number of ketones is 1. The van der Waals surface area contributed by atoms with Crippen LogP contribution in [0.5, 0.6) is 5.75 Å². The van der Waals surface area contributed by atoms with Gasteiger partial charge in [-0.3, -0.25) is 9.59 Å². The summed E-state index contributed by atoms with van der Waals surface area (Å²) in [6, 6.07) is 16.4. The Kier molecular flexibility index (Phi) is 5.52. The Morgan fingerprint density at radius 2 is 1.73 bits per heavy atom. The number of amides is 1. The summed E-state index contributed by atoms with van der Waals surface area (Å²) in [6.45, 7) is 2.53. The van der Waals surface area contributed by atoms with Crippen molar-refractivity contribution in [3.8, 4) is 5.75 Å². The number of rotatable bonds is 5. The lowest BCUT2D eigenvalue weighted by atomic mass is 10.0. The maximum absolute atomic E-state index is 12.8. The van der Waals surface area contributed by atoms with Crippen LogP contribution in [-0.2, 0) is 4.79 Å². The Morgan fingerprint density at radius 3 is 2.38 bits per heavy atom. The molecule has 0 radical (unpaired) electrons. The molecule has 1 aliphatic heterocycles. The lowest BCUT2D eigenvalue weighted by molar-refractivity contribution is -0.126. The number of hydrogen-bond acceptors (Lipinski definition) is 3. The molecule has 3 rings (SSSR count). The van der Waals surface area contributed by atoms with E-state index in [1.165, 1.54) is 0 Å². The summed E-state index contributed by atoms with van der Waals surface area (Å²) in [5, 5.41) is 0. The number of methoxy groups -OCH3 is 1. The molecule has 0 aromatic heterocycles. The molecular formula is C22H23NO3. The normalized spacial score (nSPS) is 17.2. The van der Waals surface area contributed by atoms with Crippen molar-refractivity contribution in [2.75, 3.05) is 13.7 Å². The number of carbonyl (C=O) groups excluding carboxylic acids is 2. The molecule has 134 valence electrons. The fraction of sp³-hybridized carbons (Fsp3) is 0.273. The average Bonchev–Trinajstić information content (AvgIpc) is 3.18. The molecule has 1 heterocycles. The highest BCUT2D eigenvalue weighted by atomic mass is 16.5. The van der Waals surface area contributed by atoms with Gasteiger partial charge >= 0.3 is 0 Å². The molecule has 0 N–H and O–H groups in total. The Morgan fingerprint density at radius 1 is 1.04 bits per heavy atom. The first-order valence-corrected chi connectivity index (χ1v) is 8.82. The number of ether oxygens (including phenoxy) is 1. The topological polar surface area (TPSA) is 46.6 Å². The third-order valence-electron chi connectivity index (χ3n) is 4.78. The minimum absolute atomic E-state index is 0.0203. The van der Waals surface area contributed by atoms with E-state index in [9.17, 15) is 9.59 Å². The number of carbonyl (C=O) groups is 2. The largest absolute Gasteiger partial charge is 0.497 e. The van der Waals surface area contributed by atoms with Crippen LogP contribution < -0.4 is 4.74 Å². The van der Waals surface area contributed by atoms with E-state index in [1.807, 2.05) is 61.5 Å². The van der Waals surface area contributed by atoms with Gasteiger partial charge in [0, 0.05) is 18.2 Å². The van der Waals surface area contributed by atoms with Gasteiger partial charge in [-0.05, 0) is 43.0 Å². The standard InChI is InChI=1S/C22H23NO3/c1-16(17-10-12-19(26-2)13-11-17)15-21(24)23-14-6-9-20(23)22(25)18-7-4-3-5-8-18/h3-5,7-8,10-13,15,20H,6,9,14H2,1-2H3/b16-15+. The quantitative estimate of drug-likeness (QED) is 0.606. The van der Waals surface area contributed by atoms with Gasteiger partial charge in [0.2, 0.25) is 5.91 Å². The van der Waals surface area contributed by atoms with Crippen molar-refractivity contribution in [3.05, 3.63) is 71.8 Å². The van der Waals surface area contributed by atoms with Gasteiger partial charge in [0.05, 0.1) is 13.2 Å². The monoisotopic (exact) mass is 349 g/mol. The second kappa shape index (κ2) is 8.00. The van der Waals surface area contributed by atoms with Crippen LogP contribution in [0, 0.1) is 0 Å². The fourth-order valence-corrected chi connectivity index (χ4v) is 3.30. The average molecular weight is 349 g/mol. The third-order valence-corrected chi connectivity index (χ3v) is 4.78. The number of Topliss-reactive ketones (excluding diaryl/α,β-unsaturated/α-hetero) is 1. The van der Waals surface area contributed by atoms with Gasteiger partial charge < -0.3 is 9.64 Å². The van der Waals surface area contributed by atoms with Crippen molar-refractivity contribution in [3.63, 3.8) is 0 Å². The van der Waals surface area contributed by atoms with E-state index < -0.39 is 0 Å². The van der Waals surface area contributed by atoms with Crippen LogP contribution in [-0.4, -0.2) is 36.3 Å². The van der Waals surface area contributed by atoms with Crippen molar-refractivity contribution >= 4 is 17.3 Å². The molecule has 4 nitrogen and oxygen atoms in total. The number of benzene rings is 2. The summed E-state index contributed by atoms with van der Waals surface area (Å²) in [5.41, 5.74) is 2.49. The lowest BCUT2D eigenvalue weighted by Crippen LogP contribution is -2.39. The van der Waals surface area contributed by atoms with E-state index in [4.69, 9.17) is 4.74 Å². The van der Waals surface area contributed by atoms with Gasteiger partial charge in [-0.2, -0.15) is 0 Å². The molecule has 4 heteroatoms. The highest BCUT2D eigenvalue weighted by Gasteiger charge is 2.33. The highest BCUT2D eigenvalue weighted by molar-refractivity contribution is 6.04. The second-order valence-electron chi connectivity index (χ2n) is 6.48. The summed E-state index contributed by atoms with van der Waals surface area (Å²) < 4.78 is 5.16. The summed E-state index contributed by atoms with van der Waals surface area (Å²) >= 11 is 0. The second-order valence-corrected chi connectivity index (χ2v) is 6.48. The van der Waals surface area contributed by atoms with E-state index in [2.05, 4.69) is 0 Å². The van der Waals surface area contributed by atoms with Crippen LogP contribution in [0.4, 0.5) is 0 Å². The smallest absolute Gasteiger partial charge is 0.247 e. The number of allylic oxidation sites excluding steroid dienone is 1. The van der Waals surface area contributed by atoms with E-state index in [0.29, 0.717) is 12.1 Å². The Hall–Kier alpha value is -2.88. The van der Waals surface area contributed by atoms with Crippen LogP contribution in [0.2, 0.25) is 0 Å². The molecule has 2 aromatic rings. The molecule has 0 aliphatic carbocycles. The molecule has 1 amide bonds. The third kappa shape index (κ3) is 3.85. The molecule has 1 saturated heterocycles. The first kappa shape index (κ1) is 17.9. The van der Waals surface area contributed by atoms with Crippen molar-refractivity contribution in [2.24, 2.45) is 0 Å². The SMILES string of the molecule is COc1ccc(/C(C)=C/C(=O)N2CCCC2C(=O)c2ccccc2)cc1. The summed E-state index contributed by atoms with van der Waals surface area (Å²) in [7, 11) is 1.62. The van der Waals surface area contributed by atoms with Crippen LogP contribution in [0.1, 0.15) is 35.7 Å².